The third kappa shape index (κ3) is 4.90. The molecule has 2 N–H and O–H groups in total. The molecule has 8 heteroatoms. The molecule has 0 saturated carbocycles. The monoisotopic (exact) mass is 448 g/mol. The Morgan fingerprint density at radius 2 is 1.86 bits per heavy atom. The lowest BCUT2D eigenvalue weighted by Crippen LogP contribution is -2.28. The molecule has 0 bridgehead atoms. The number of amides is 1. The van der Waals surface area contributed by atoms with Crippen LogP contribution in [0.1, 0.15) is 22.0 Å². The van der Waals surface area contributed by atoms with Gasteiger partial charge in [-0.15, -0.1) is 0 Å². The average molecular weight is 449 g/mol. The van der Waals surface area contributed by atoms with E-state index in [1.165, 1.54) is 54.7 Å². The first-order valence-electron chi connectivity index (χ1n) is 8.23. The normalized spacial score (nSPS) is 11.7. The Bertz CT molecular complexity index is 983. The summed E-state index contributed by atoms with van der Waals surface area (Å²) < 4.78 is 32.2. The van der Waals surface area contributed by atoms with Gasteiger partial charge in [-0.1, -0.05) is 12.1 Å². The number of hydrogen-bond acceptors (Lipinski definition) is 4. The highest BCUT2D eigenvalue weighted by Gasteiger charge is 2.17. The van der Waals surface area contributed by atoms with Gasteiger partial charge in [0, 0.05) is 12.7 Å². The zero-order chi connectivity index (χ0) is 20.1. The second-order valence-corrected chi connectivity index (χ2v) is 6.66. The molecule has 1 amide bonds. The minimum atomic E-state index is -1.00. The number of rotatable bonds is 6. The van der Waals surface area contributed by atoms with E-state index < -0.39 is 23.6 Å². The summed E-state index contributed by atoms with van der Waals surface area (Å²) in [7, 11) is 0. The molecule has 0 radical (unpaired) electrons. The van der Waals surface area contributed by atoms with Gasteiger partial charge in [0.05, 0.1) is 10.6 Å². The summed E-state index contributed by atoms with van der Waals surface area (Å²) in [6.45, 7) is -0.0843. The highest BCUT2D eigenvalue weighted by Crippen LogP contribution is 2.30. The van der Waals surface area contributed by atoms with Gasteiger partial charge >= 0.3 is 0 Å². The first-order valence-corrected chi connectivity index (χ1v) is 9.03. The predicted molar refractivity (Wildman–Crippen MR) is 102 cm³/mol. The summed E-state index contributed by atoms with van der Waals surface area (Å²) >= 11 is 3.19. The summed E-state index contributed by atoms with van der Waals surface area (Å²) in [5.74, 6) is -1.04. The highest BCUT2D eigenvalue weighted by atomic mass is 79.9. The number of aliphatic hydroxyl groups is 1. The standard InChI is InChI=1S/C20H15BrF2N2O3/c21-16-10-14(23)7-8-18(16)28-20-15(2-1-9-24-20)19(27)25-11-17(26)12-3-5-13(22)6-4-12/h1-10,17,26H,11H2,(H,25,27). The van der Waals surface area contributed by atoms with Gasteiger partial charge in [0.15, 0.2) is 0 Å². The zero-order valence-electron chi connectivity index (χ0n) is 14.4. The smallest absolute Gasteiger partial charge is 0.256 e. The van der Waals surface area contributed by atoms with Crippen molar-refractivity contribution in [1.29, 1.82) is 0 Å². The molecule has 0 saturated heterocycles. The molecule has 0 fully saturated rings. The third-order valence-electron chi connectivity index (χ3n) is 3.83. The van der Waals surface area contributed by atoms with Crippen molar-refractivity contribution in [3.8, 4) is 11.6 Å². The Hall–Kier alpha value is -2.84. The van der Waals surface area contributed by atoms with E-state index in [-0.39, 0.29) is 18.0 Å². The van der Waals surface area contributed by atoms with Crippen molar-refractivity contribution in [2.75, 3.05) is 6.54 Å². The predicted octanol–water partition coefficient (Wildman–Crippen LogP) is 4.38. The van der Waals surface area contributed by atoms with Gasteiger partial charge in [-0.25, -0.2) is 13.8 Å². The van der Waals surface area contributed by atoms with Crippen LogP contribution in [-0.2, 0) is 0 Å². The molecule has 1 heterocycles. The Morgan fingerprint density at radius 1 is 1.14 bits per heavy atom. The summed E-state index contributed by atoms with van der Waals surface area (Å²) in [6, 6.07) is 12.3. The lowest BCUT2D eigenvalue weighted by molar-refractivity contribution is 0.0913. The molecule has 144 valence electrons. The molecule has 0 spiro atoms. The summed E-state index contributed by atoms with van der Waals surface area (Å²) in [6.07, 6.45) is 0.452. The van der Waals surface area contributed by atoms with E-state index in [4.69, 9.17) is 4.74 Å². The number of ether oxygens (including phenoxy) is 1. The van der Waals surface area contributed by atoms with Crippen molar-refractivity contribution < 1.29 is 23.4 Å². The summed E-state index contributed by atoms with van der Waals surface area (Å²) in [4.78, 5) is 16.6. The van der Waals surface area contributed by atoms with Crippen molar-refractivity contribution in [3.05, 3.63) is 88.0 Å². The Morgan fingerprint density at radius 3 is 2.57 bits per heavy atom. The largest absolute Gasteiger partial charge is 0.437 e. The van der Waals surface area contributed by atoms with Crippen LogP contribution in [0, 0.1) is 11.6 Å². The van der Waals surface area contributed by atoms with E-state index in [2.05, 4.69) is 26.2 Å². The van der Waals surface area contributed by atoms with Crippen molar-refractivity contribution in [3.63, 3.8) is 0 Å². The van der Waals surface area contributed by atoms with E-state index in [1.807, 2.05) is 0 Å². The lowest BCUT2D eigenvalue weighted by Gasteiger charge is -2.14. The number of nitrogens with one attached hydrogen (secondary N) is 1. The number of aliphatic hydroxyl groups excluding tert-OH is 1. The van der Waals surface area contributed by atoms with E-state index in [9.17, 15) is 18.7 Å². The van der Waals surface area contributed by atoms with Gasteiger partial charge in [0.25, 0.3) is 5.91 Å². The molecule has 1 unspecified atom stereocenters. The zero-order valence-corrected chi connectivity index (χ0v) is 16.0. The molecule has 1 atom stereocenters. The number of benzene rings is 2. The van der Waals surface area contributed by atoms with Crippen LogP contribution in [0.5, 0.6) is 11.6 Å². The molecule has 0 aliphatic heterocycles. The number of carbonyl (C=O) groups excluding carboxylic acids is 1. The van der Waals surface area contributed by atoms with Crippen LogP contribution in [0.4, 0.5) is 8.78 Å². The quantitative estimate of drug-likeness (QED) is 0.586. The molecular formula is C20H15BrF2N2O3. The highest BCUT2D eigenvalue weighted by molar-refractivity contribution is 9.10. The van der Waals surface area contributed by atoms with Crippen LogP contribution in [0.3, 0.4) is 0 Å². The molecule has 0 aliphatic rings. The molecule has 0 aliphatic carbocycles. The fourth-order valence-corrected chi connectivity index (χ4v) is 2.83. The topological polar surface area (TPSA) is 71.5 Å². The maximum Gasteiger partial charge on any atom is 0.256 e. The van der Waals surface area contributed by atoms with Crippen LogP contribution in [0.2, 0.25) is 0 Å². The Kier molecular flexibility index (Phi) is 6.33. The number of carbonyl (C=O) groups is 1. The van der Waals surface area contributed by atoms with Gasteiger partial charge in [-0.2, -0.15) is 0 Å². The first kappa shape index (κ1) is 19.9. The summed E-state index contributed by atoms with van der Waals surface area (Å²) in [5.41, 5.74) is 0.615. The van der Waals surface area contributed by atoms with Crippen molar-refractivity contribution >= 4 is 21.8 Å². The maximum absolute atomic E-state index is 13.2. The van der Waals surface area contributed by atoms with Crippen LogP contribution in [0.15, 0.2) is 65.3 Å². The van der Waals surface area contributed by atoms with Crippen LogP contribution in [0.25, 0.3) is 0 Å². The van der Waals surface area contributed by atoms with E-state index in [0.29, 0.717) is 15.8 Å². The van der Waals surface area contributed by atoms with Crippen LogP contribution >= 0.6 is 15.9 Å². The fraction of sp³-hybridized carbons (Fsp3) is 0.100. The molecule has 3 rings (SSSR count). The Balaban J connectivity index is 1.71. The van der Waals surface area contributed by atoms with Gasteiger partial charge in [0.2, 0.25) is 5.88 Å². The van der Waals surface area contributed by atoms with Gasteiger partial charge in [-0.05, 0) is 64.0 Å². The number of hydrogen-bond donors (Lipinski definition) is 2. The lowest BCUT2D eigenvalue weighted by atomic mass is 10.1. The van der Waals surface area contributed by atoms with E-state index in [0.717, 1.165) is 0 Å². The SMILES string of the molecule is O=C(NCC(O)c1ccc(F)cc1)c1cccnc1Oc1ccc(F)cc1Br. The van der Waals surface area contributed by atoms with Crippen LogP contribution in [-0.4, -0.2) is 22.5 Å². The number of halogens is 3. The second-order valence-electron chi connectivity index (χ2n) is 5.81. The fourth-order valence-electron chi connectivity index (χ4n) is 2.39. The molecule has 3 aromatic rings. The first-order chi connectivity index (χ1) is 13.4. The molecular weight excluding hydrogens is 434 g/mol. The van der Waals surface area contributed by atoms with Crippen molar-refractivity contribution in [1.82, 2.24) is 10.3 Å². The number of pyridine rings is 1. The van der Waals surface area contributed by atoms with Crippen molar-refractivity contribution in [2.24, 2.45) is 0 Å². The molecule has 1 aromatic heterocycles. The summed E-state index contributed by atoms with van der Waals surface area (Å²) in [5, 5.41) is 12.7. The molecule has 5 nitrogen and oxygen atoms in total. The van der Waals surface area contributed by atoms with Gasteiger partial charge < -0.3 is 15.2 Å². The third-order valence-corrected chi connectivity index (χ3v) is 4.45. The number of nitrogens with zero attached hydrogens (tertiary/aromatic N) is 1. The van der Waals surface area contributed by atoms with Gasteiger partial charge in [0.1, 0.15) is 22.9 Å². The Labute approximate surface area is 168 Å². The minimum absolute atomic E-state index is 0.0311. The second kappa shape index (κ2) is 8.90. The van der Waals surface area contributed by atoms with Crippen LogP contribution < -0.4 is 10.1 Å². The molecule has 28 heavy (non-hydrogen) atoms. The number of aromatic nitrogens is 1. The molecule has 2 aromatic carbocycles. The van der Waals surface area contributed by atoms with Gasteiger partial charge in [-0.3, -0.25) is 4.79 Å². The van der Waals surface area contributed by atoms with E-state index in [1.54, 1.807) is 6.07 Å². The minimum Gasteiger partial charge on any atom is -0.437 e. The maximum atomic E-state index is 13.2. The van der Waals surface area contributed by atoms with E-state index >= 15 is 0 Å². The van der Waals surface area contributed by atoms with Crippen molar-refractivity contribution in [2.45, 2.75) is 6.10 Å². The average Bonchev–Trinajstić information content (AvgIpc) is 2.69.